The van der Waals surface area contributed by atoms with Crippen LogP contribution in [0.2, 0.25) is 5.02 Å². The lowest BCUT2D eigenvalue weighted by molar-refractivity contribution is -0.384. The molecule has 0 bridgehead atoms. The highest BCUT2D eigenvalue weighted by molar-refractivity contribution is 6.30. The standard InChI is InChI=1S/C20H24ClN3O3/c1-12(2)19(15-6-8-16(21)9-7-15)22-11-18(25)23-20-14(4)13(3)5-10-17(20)24(26)27/h5-10,12,19,22H,11H2,1-4H3,(H,23,25). The zero-order valence-electron chi connectivity index (χ0n) is 15.9. The molecule has 2 N–H and O–H groups in total. The Morgan fingerprint density at radius 1 is 1.15 bits per heavy atom. The first-order valence-electron chi connectivity index (χ1n) is 8.74. The fraction of sp³-hybridized carbons (Fsp3) is 0.350. The van der Waals surface area contributed by atoms with Crippen molar-refractivity contribution in [2.24, 2.45) is 5.92 Å². The normalized spacial score (nSPS) is 12.1. The van der Waals surface area contributed by atoms with Gasteiger partial charge in [-0.3, -0.25) is 14.9 Å². The smallest absolute Gasteiger partial charge is 0.293 e. The first kappa shape index (κ1) is 20.9. The molecular formula is C20H24ClN3O3. The van der Waals surface area contributed by atoms with Gasteiger partial charge in [-0.05, 0) is 48.6 Å². The summed E-state index contributed by atoms with van der Waals surface area (Å²) in [5.74, 6) is -0.0829. The van der Waals surface area contributed by atoms with Crippen LogP contribution in [0, 0.1) is 29.9 Å². The van der Waals surface area contributed by atoms with Gasteiger partial charge in [0.1, 0.15) is 5.69 Å². The van der Waals surface area contributed by atoms with Gasteiger partial charge in [-0.2, -0.15) is 0 Å². The highest BCUT2D eigenvalue weighted by Crippen LogP contribution is 2.30. The zero-order valence-corrected chi connectivity index (χ0v) is 16.6. The Bertz CT molecular complexity index is 835. The van der Waals surface area contributed by atoms with E-state index in [9.17, 15) is 14.9 Å². The van der Waals surface area contributed by atoms with Gasteiger partial charge >= 0.3 is 0 Å². The molecule has 7 heteroatoms. The number of nitro groups is 1. The Morgan fingerprint density at radius 2 is 1.78 bits per heavy atom. The average molecular weight is 390 g/mol. The monoisotopic (exact) mass is 389 g/mol. The van der Waals surface area contributed by atoms with E-state index in [0.717, 1.165) is 11.1 Å². The molecule has 6 nitrogen and oxygen atoms in total. The predicted molar refractivity (Wildman–Crippen MR) is 108 cm³/mol. The predicted octanol–water partition coefficient (Wildman–Crippen LogP) is 4.79. The Kier molecular flexibility index (Phi) is 6.93. The fourth-order valence-electron chi connectivity index (χ4n) is 2.91. The molecule has 0 aliphatic carbocycles. The van der Waals surface area contributed by atoms with Crippen LogP contribution in [0.3, 0.4) is 0 Å². The van der Waals surface area contributed by atoms with E-state index < -0.39 is 4.92 Å². The molecule has 0 aliphatic heterocycles. The molecule has 1 amide bonds. The molecule has 2 aromatic carbocycles. The highest BCUT2D eigenvalue weighted by atomic mass is 35.5. The van der Waals surface area contributed by atoms with Crippen LogP contribution in [0.5, 0.6) is 0 Å². The Hall–Kier alpha value is -2.44. The third kappa shape index (κ3) is 5.28. The molecular weight excluding hydrogens is 366 g/mol. The van der Waals surface area contributed by atoms with Gasteiger partial charge in [-0.25, -0.2) is 0 Å². The second-order valence-electron chi connectivity index (χ2n) is 6.86. The zero-order chi connectivity index (χ0) is 20.1. The number of halogens is 1. The minimum absolute atomic E-state index is 0.0377. The topological polar surface area (TPSA) is 84.3 Å². The van der Waals surface area contributed by atoms with Crippen molar-refractivity contribution >= 4 is 28.9 Å². The average Bonchev–Trinajstić information content (AvgIpc) is 2.60. The third-order valence-electron chi connectivity index (χ3n) is 4.55. The van der Waals surface area contributed by atoms with E-state index in [1.165, 1.54) is 6.07 Å². The van der Waals surface area contributed by atoms with Crippen LogP contribution in [0.4, 0.5) is 11.4 Å². The summed E-state index contributed by atoms with van der Waals surface area (Å²) >= 11 is 5.94. The molecule has 2 rings (SSSR count). The number of hydrogen-bond acceptors (Lipinski definition) is 4. The number of nitrogens with one attached hydrogen (secondary N) is 2. The SMILES string of the molecule is Cc1ccc([N+](=O)[O-])c(NC(=O)CNC(c2ccc(Cl)cc2)C(C)C)c1C. The molecule has 27 heavy (non-hydrogen) atoms. The number of rotatable bonds is 7. The maximum atomic E-state index is 12.4. The van der Waals surface area contributed by atoms with Crippen molar-refractivity contribution in [1.29, 1.82) is 0 Å². The summed E-state index contributed by atoms with van der Waals surface area (Å²) < 4.78 is 0. The number of aryl methyl sites for hydroxylation is 1. The third-order valence-corrected chi connectivity index (χ3v) is 4.81. The molecule has 1 unspecified atom stereocenters. The van der Waals surface area contributed by atoms with Gasteiger partial charge < -0.3 is 10.6 Å². The first-order valence-corrected chi connectivity index (χ1v) is 9.11. The number of carbonyl (C=O) groups excluding carboxylic acids is 1. The van der Waals surface area contributed by atoms with Crippen molar-refractivity contribution in [3.63, 3.8) is 0 Å². The van der Waals surface area contributed by atoms with E-state index in [1.54, 1.807) is 13.0 Å². The van der Waals surface area contributed by atoms with Gasteiger partial charge in [0.2, 0.25) is 5.91 Å². The van der Waals surface area contributed by atoms with Gasteiger partial charge in [0.15, 0.2) is 0 Å². The summed E-state index contributed by atoms with van der Waals surface area (Å²) in [6.07, 6.45) is 0. The largest absolute Gasteiger partial charge is 0.319 e. The van der Waals surface area contributed by atoms with Crippen molar-refractivity contribution in [2.45, 2.75) is 33.7 Å². The minimum Gasteiger partial charge on any atom is -0.319 e. The number of amides is 1. The van der Waals surface area contributed by atoms with Crippen molar-refractivity contribution in [3.8, 4) is 0 Å². The molecule has 144 valence electrons. The first-order chi connectivity index (χ1) is 12.7. The number of hydrogen-bond donors (Lipinski definition) is 2. The van der Waals surface area contributed by atoms with Crippen LogP contribution in [0.15, 0.2) is 36.4 Å². The van der Waals surface area contributed by atoms with Crippen LogP contribution >= 0.6 is 11.6 Å². The second kappa shape index (κ2) is 8.97. The lowest BCUT2D eigenvalue weighted by Gasteiger charge is -2.23. The van der Waals surface area contributed by atoms with Crippen molar-refractivity contribution < 1.29 is 9.72 Å². The summed E-state index contributed by atoms with van der Waals surface area (Å²) in [5.41, 5.74) is 2.74. The molecule has 0 saturated heterocycles. The summed E-state index contributed by atoms with van der Waals surface area (Å²) in [6.45, 7) is 7.76. The van der Waals surface area contributed by atoms with Crippen LogP contribution in [0.1, 0.15) is 36.6 Å². The fourth-order valence-corrected chi connectivity index (χ4v) is 3.03. The Labute approximate surface area is 164 Å². The van der Waals surface area contributed by atoms with Crippen LogP contribution in [0.25, 0.3) is 0 Å². The summed E-state index contributed by atoms with van der Waals surface area (Å²) in [5, 5.41) is 17.8. The van der Waals surface area contributed by atoms with E-state index in [1.807, 2.05) is 31.2 Å². The van der Waals surface area contributed by atoms with Gasteiger partial charge in [0.25, 0.3) is 5.69 Å². The van der Waals surface area contributed by atoms with Crippen LogP contribution < -0.4 is 10.6 Å². The lowest BCUT2D eigenvalue weighted by Crippen LogP contribution is -2.34. The number of benzene rings is 2. The molecule has 0 fully saturated rings. The lowest BCUT2D eigenvalue weighted by atomic mass is 9.96. The van der Waals surface area contributed by atoms with E-state index >= 15 is 0 Å². The second-order valence-corrected chi connectivity index (χ2v) is 7.30. The van der Waals surface area contributed by atoms with E-state index in [2.05, 4.69) is 24.5 Å². The molecule has 2 aromatic rings. The van der Waals surface area contributed by atoms with E-state index in [4.69, 9.17) is 11.6 Å². The van der Waals surface area contributed by atoms with E-state index in [-0.39, 0.29) is 35.8 Å². The highest BCUT2D eigenvalue weighted by Gasteiger charge is 2.21. The van der Waals surface area contributed by atoms with Gasteiger partial charge in [-0.15, -0.1) is 0 Å². The van der Waals surface area contributed by atoms with E-state index in [0.29, 0.717) is 10.6 Å². The molecule has 0 heterocycles. The van der Waals surface area contributed by atoms with Crippen molar-refractivity contribution in [1.82, 2.24) is 5.32 Å². The summed E-state index contributed by atoms with van der Waals surface area (Å²) in [6, 6.07) is 10.5. The molecule has 0 aromatic heterocycles. The summed E-state index contributed by atoms with van der Waals surface area (Å²) in [7, 11) is 0. The van der Waals surface area contributed by atoms with Gasteiger partial charge in [0.05, 0.1) is 11.5 Å². The minimum atomic E-state index is -0.486. The Morgan fingerprint density at radius 3 is 2.33 bits per heavy atom. The molecule has 0 saturated carbocycles. The van der Waals surface area contributed by atoms with Crippen LogP contribution in [-0.2, 0) is 4.79 Å². The maximum absolute atomic E-state index is 12.4. The number of nitrogens with zero attached hydrogens (tertiary/aromatic N) is 1. The number of anilines is 1. The van der Waals surface area contributed by atoms with Crippen LogP contribution in [-0.4, -0.2) is 17.4 Å². The van der Waals surface area contributed by atoms with Gasteiger partial charge in [0, 0.05) is 17.1 Å². The summed E-state index contributed by atoms with van der Waals surface area (Å²) in [4.78, 5) is 23.2. The number of nitro benzene ring substituents is 1. The maximum Gasteiger partial charge on any atom is 0.293 e. The molecule has 1 atom stereocenters. The molecule has 0 aliphatic rings. The number of carbonyl (C=O) groups is 1. The van der Waals surface area contributed by atoms with Gasteiger partial charge in [-0.1, -0.05) is 43.6 Å². The molecule has 0 radical (unpaired) electrons. The van der Waals surface area contributed by atoms with Crippen molar-refractivity contribution in [2.75, 3.05) is 11.9 Å². The quantitative estimate of drug-likeness (QED) is 0.526. The van der Waals surface area contributed by atoms with Crippen molar-refractivity contribution in [3.05, 3.63) is 68.2 Å². The molecule has 0 spiro atoms. The Balaban J connectivity index is 2.12.